The second-order valence-electron chi connectivity index (χ2n) is 17.2. The first-order valence-electron chi connectivity index (χ1n) is 23.4. The summed E-state index contributed by atoms with van der Waals surface area (Å²) in [4.78, 5) is 50.3. The Morgan fingerprint density at radius 1 is 0.778 bits per heavy atom. The number of allylic oxidation sites excluding steroid dienone is 13. The Hall–Kier alpha value is -3.22. The number of Topliss-reactive ketones (excluding diaryl/α,β-unsaturated/α-hetero) is 1. The van der Waals surface area contributed by atoms with E-state index in [-0.39, 0.29) is 44.2 Å². The van der Waals surface area contributed by atoms with Crippen molar-refractivity contribution < 1.29 is 57.1 Å². The molecule has 0 aliphatic heterocycles. The summed E-state index contributed by atoms with van der Waals surface area (Å²) < 4.78 is 33.8. The number of hydrogen-bond donors (Lipinski definition) is 2. The van der Waals surface area contributed by atoms with Crippen LogP contribution in [0.5, 0.6) is 0 Å². The number of phosphoric ester groups is 1. The molecule has 1 fully saturated rings. The summed E-state index contributed by atoms with van der Waals surface area (Å²) in [6.45, 7) is 3.64. The van der Waals surface area contributed by atoms with E-state index in [1.165, 1.54) is 0 Å². The van der Waals surface area contributed by atoms with Crippen LogP contribution in [0.1, 0.15) is 136 Å². The molecule has 1 aliphatic rings. The van der Waals surface area contributed by atoms with Gasteiger partial charge in [0.2, 0.25) is 0 Å². The number of rotatable bonds is 37. The van der Waals surface area contributed by atoms with E-state index in [4.69, 9.17) is 18.5 Å². The number of aliphatic hydroxyl groups excluding tert-OH is 2. The van der Waals surface area contributed by atoms with Crippen LogP contribution in [0.3, 0.4) is 0 Å². The molecule has 12 nitrogen and oxygen atoms in total. The minimum absolute atomic E-state index is 0.0338. The highest BCUT2D eigenvalue weighted by molar-refractivity contribution is 7.45. The van der Waals surface area contributed by atoms with E-state index in [9.17, 15) is 34.1 Å². The fourth-order valence-corrected chi connectivity index (χ4v) is 7.27. The predicted molar refractivity (Wildman–Crippen MR) is 250 cm³/mol. The monoisotopic (exact) mass is 904 g/mol. The largest absolute Gasteiger partial charge is 0.756 e. The third kappa shape index (κ3) is 33.0. The van der Waals surface area contributed by atoms with Crippen molar-refractivity contribution in [1.29, 1.82) is 0 Å². The zero-order valence-corrected chi connectivity index (χ0v) is 40.1. The van der Waals surface area contributed by atoms with E-state index in [1.807, 2.05) is 33.3 Å². The van der Waals surface area contributed by atoms with Gasteiger partial charge in [0.15, 0.2) is 6.10 Å². The van der Waals surface area contributed by atoms with E-state index in [0.29, 0.717) is 43.1 Å². The van der Waals surface area contributed by atoms with Crippen molar-refractivity contribution in [2.75, 3.05) is 47.5 Å². The van der Waals surface area contributed by atoms with Crippen LogP contribution in [-0.2, 0) is 37.5 Å². The lowest BCUT2D eigenvalue weighted by Crippen LogP contribution is -2.37. The Morgan fingerprint density at radius 2 is 1.38 bits per heavy atom. The fourth-order valence-electron chi connectivity index (χ4n) is 6.54. The molecule has 0 heterocycles. The van der Waals surface area contributed by atoms with Crippen molar-refractivity contribution in [3.8, 4) is 0 Å². The number of carbonyl (C=O) groups is 3. The van der Waals surface area contributed by atoms with Gasteiger partial charge in [-0.15, -0.1) is 0 Å². The molecule has 1 rings (SSSR count). The van der Waals surface area contributed by atoms with Crippen molar-refractivity contribution in [1.82, 2.24) is 0 Å². The molecule has 63 heavy (non-hydrogen) atoms. The summed E-state index contributed by atoms with van der Waals surface area (Å²) >= 11 is 0. The Balaban J connectivity index is 2.51. The van der Waals surface area contributed by atoms with Gasteiger partial charge in [0.05, 0.1) is 40.0 Å². The number of ketones is 1. The summed E-state index contributed by atoms with van der Waals surface area (Å²) in [5.74, 6) is -1.84. The van der Waals surface area contributed by atoms with Gasteiger partial charge < -0.3 is 38.1 Å². The normalized spacial score (nSPS) is 19.6. The lowest BCUT2D eigenvalue weighted by atomic mass is 9.90. The minimum atomic E-state index is -4.71. The van der Waals surface area contributed by atoms with Crippen LogP contribution in [0.25, 0.3) is 0 Å². The van der Waals surface area contributed by atoms with E-state index in [1.54, 1.807) is 12.2 Å². The number of nitrogens with zero attached hydrogens (tertiary/aromatic N) is 1. The van der Waals surface area contributed by atoms with Gasteiger partial charge in [-0.3, -0.25) is 18.9 Å². The lowest BCUT2D eigenvalue weighted by Gasteiger charge is -2.28. The number of ether oxygens (including phenoxy) is 2. The van der Waals surface area contributed by atoms with Gasteiger partial charge in [0, 0.05) is 31.1 Å². The quantitative estimate of drug-likeness (QED) is 0.0200. The Labute approximate surface area is 380 Å². The standard InChI is InChI=1S/C50H82NO11P/c1-6-8-10-11-12-13-14-15-16-17-18-19-20-21-22-23-24-25-31-35-50(56)62-44(42-61-63(57,58)60-39-38-51(3,4)5)41-59-49(55)34-30-27-26-29-33-45-46(48(54)40-47(45)53)37-36-43(52)32-28-9-7-2/h8,10,12-13,15-16,18-19,21-22,26,29,36-37,43-47,52-53H,6-7,9,11,14,17,20,23-25,27-28,30-35,38-42H2,1-5H3/b10-8-,13-12-,16-15-,19-18-,22-21-,29-26-,37-36+/t43-,44+,45+,46+,47-/m0/s1. The van der Waals surface area contributed by atoms with Gasteiger partial charge in [0.25, 0.3) is 7.82 Å². The highest BCUT2D eigenvalue weighted by Crippen LogP contribution is 2.38. The highest BCUT2D eigenvalue weighted by Gasteiger charge is 2.39. The number of carbonyl (C=O) groups excluding carboxylic acids is 3. The van der Waals surface area contributed by atoms with E-state index in [2.05, 4.69) is 74.6 Å². The van der Waals surface area contributed by atoms with E-state index < -0.39 is 50.6 Å². The molecule has 13 heteroatoms. The van der Waals surface area contributed by atoms with Gasteiger partial charge in [-0.2, -0.15) is 0 Å². The first-order chi connectivity index (χ1) is 30.2. The summed E-state index contributed by atoms with van der Waals surface area (Å²) in [5.41, 5.74) is 0. The number of quaternary nitrogens is 1. The SMILES string of the molecule is CC/C=C\C/C=C\C/C=C\C/C=C\C/C=C\CCCCCC(=O)O[C@H](COC(=O)CCC/C=C\C[C@H]1[C@@H](O)CC(=O)[C@@H]1/C=C/[C@@H](O)CCCCC)COP(=O)([O-])OCC[N+](C)(C)C. The molecule has 0 aromatic heterocycles. The molecule has 0 aromatic carbocycles. The molecular weight excluding hydrogens is 822 g/mol. The Kier molecular flexibility index (Phi) is 33.1. The van der Waals surface area contributed by atoms with Gasteiger partial charge in [-0.05, 0) is 77.0 Å². The molecule has 0 aromatic rings. The molecular formula is C50H82NO11P. The number of aliphatic hydroxyl groups is 2. The third-order valence-electron chi connectivity index (χ3n) is 10.3. The summed E-state index contributed by atoms with van der Waals surface area (Å²) in [6, 6.07) is 0. The average Bonchev–Trinajstić information content (AvgIpc) is 3.50. The molecule has 6 atom stereocenters. The molecule has 1 saturated carbocycles. The summed E-state index contributed by atoms with van der Waals surface area (Å²) in [6.07, 6.45) is 39.8. The lowest BCUT2D eigenvalue weighted by molar-refractivity contribution is -0.870. The maximum atomic E-state index is 12.7. The molecule has 1 aliphatic carbocycles. The molecule has 1 unspecified atom stereocenters. The van der Waals surface area contributed by atoms with Crippen molar-refractivity contribution in [2.24, 2.45) is 11.8 Å². The average molecular weight is 904 g/mol. The van der Waals surface area contributed by atoms with Crippen LogP contribution in [0, 0.1) is 11.8 Å². The Bertz CT molecular complexity index is 1510. The van der Waals surface area contributed by atoms with E-state index >= 15 is 0 Å². The van der Waals surface area contributed by atoms with Gasteiger partial charge in [-0.25, -0.2) is 0 Å². The van der Waals surface area contributed by atoms with Crippen LogP contribution in [0.15, 0.2) is 85.1 Å². The molecule has 0 bridgehead atoms. The maximum absolute atomic E-state index is 12.7. The third-order valence-corrected chi connectivity index (χ3v) is 11.2. The number of phosphoric acid groups is 1. The van der Waals surface area contributed by atoms with Crippen LogP contribution in [0.2, 0.25) is 0 Å². The molecule has 0 amide bonds. The second kappa shape index (κ2) is 36.1. The van der Waals surface area contributed by atoms with Gasteiger partial charge in [-0.1, -0.05) is 125 Å². The van der Waals surface area contributed by atoms with Gasteiger partial charge >= 0.3 is 11.9 Å². The molecule has 0 radical (unpaired) electrons. The highest BCUT2D eigenvalue weighted by atomic mass is 31.2. The fraction of sp³-hybridized carbons (Fsp3) is 0.660. The van der Waals surface area contributed by atoms with Crippen LogP contribution in [0.4, 0.5) is 0 Å². The molecule has 358 valence electrons. The predicted octanol–water partition coefficient (Wildman–Crippen LogP) is 9.53. The molecule has 2 N–H and O–H groups in total. The molecule has 0 saturated heterocycles. The van der Waals surface area contributed by atoms with Crippen molar-refractivity contribution >= 4 is 25.5 Å². The van der Waals surface area contributed by atoms with Crippen molar-refractivity contribution in [2.45, 2.75) is 154 Å². The second-order valence-corrected chi connectivity index (χ2v) is 18.6. The first kappa shape index (κ1) is 57.8. The first-order valence-corrected chi connectivity index (χ1v) is 24.9. The molecule has 0 spiro atoms. The number of unbranched alkanes of at least 4 members (excludes halogenated alkanes) is 6. The Morgan fingerprint density at radius 3 is 2.02 bits per heavy atom. The summed E-state index contributed by atoms with van der Waals surface area (Å²) in [5, 5.41) is 20.8. The minimum Gasteiger partial charge on any atom is -0.756 e. The number of esters is 2. The summed E-state index contributed by atoms with van der Waals surface area (Å²) in [7, 11) is 0.981. The van der Waals surface area contributed by atoms with Crippen molar-refractivity contribution in [3.63, 3.8) is 0 Å². The van der Waals surface area contributed by atoms with Crippen LogP contribution < -0.4 is 4.89 Å². The zero-order valence-electron chi connectivity index (χ0n) is 39.2. The number of likely N-dealkylation sites (N-methyl/N-ethyl adjacent to an activating group) is 1. The van der Waals surface area contributed by atoms with Crippen molar-refractivity contribution in [3.05, 3.63) is 85.1 Å². The van der Waals surface area contributed by atoms with Crippen LogP contribution >= 0.6 is 7.82 Å². The smallest absolute Gasteiger partial charge is 0.306 e. The van der Waals surface area contributed by atoms with Crippen LogP contribution in [-0.4, -0.2) is 98.2 Å². The van der Waals surface area contributed by atoms with E-state index in [0.717, 1.165) is 70.6 Å². The zero-order chi connectivity index (χ0) is 46.6. The van der Waals surface area contributed by atoms with Gasteiger partial charge in [0.1, 0.15) is 25.5 Å². The topological polar surface area (TPSA) is 169 Å². The number of hydrogen-bond acceptors (Lipinski definition) is 11. The maximum Gasteiger partial charge on any atom is 0.306 e.